The van der Waals surface area contributed by atoms with Gasteiger partial charge in [0.25, 0.3) is 5.91 Å². The molecule has 49 heteroatoms. The minimum atomic E-state index is -1.08. The summed E-state index contributed by atoms with van der Waals surface area (Å²) < 4.78 is 43.0. The van der Waals surface area contributed by atoms with Crippen LogP contribution in [0.3, 0.4) is 0 Å². The quantitative estimate of drug-likeness (QED) is 0.00478. The number of fused-ring (bicyclic) bond motifs is 2. The van der Waals surface area contributed by atoms with E-state index in [4.69, 9.17) is 68.8 Å². The number of ether oxygens (including phenoxy) is 8. The Morgan fingerprint density at radius 1 is 0.489 bits per heavy atom. The average Bonchev–Trinajstić information content (AvgIpc) is 0.782. The Morgan fingerprint density at radius 3 is 1.27 bits per heavy atom. The zero-order valence-corrected chi connectivity index (χ0v) is 100. The summed E-state index contributed by atoms with van der Waals surface area (Å²) in [6.07, 6.45) is 9.94. The summed E-state index contributed by atoms with van der Waals surface area (Å²) in [7, 11) is 7.29. The first kappa shape index (κ1) is 135. The molecule has 32 nitrogen and oxygen atoms in total. The molecule has 12 rings (SSSR count). The minimum absolute atomic E-state index is 0. The number of aryl methyl sites for hydroxylation is 1. The third kappa shape index (κ3) is 55.4. The number of halogens is 12. The Labute approximate surface area is 941 Å². The van der Waals surface area contributed by atoms with Crippen molar-refractivity contribution in [1.29, 1.82) is 0 Å². The van der Waals surface area contributed by atoms with Gasteiger partial charge in [-0.05, 0) is 228 Å². The van der Waals surface area contributed by atoms with Crippen molar-refractivity contribution in [2.24, 2.45) is 5.73 Å². The maximum absolute atomic E-state index is 12.2. The first-order valence-corrected chi connectivity index (χ1v) is 53.1. The van der Waals surface area contributed by atoms with Crippen LogP contribution in [0, 0.1) is 19.7 Å². The molecule has 10 aromatic rings. The Kier molecular flexibility index (Phi) is 80.4. The van der Waals surface area contributed by atoms with E-state index < -0.39 is 42.9 Å². The molecule has 2 aliphatic heterocycles. The maximum atomic E-state index is 12.2. The van der Waals surface area contributed by atoms with Gasteiger partial charge < -0.3 is 161 Å². The summed E-state index contributed by atoms with van der Waals surface area (Å²) in [5.41, 5.74) is 23.4. The van der Waals surface area contributed by atoms with Gasteiger partial charge in [0.2, 0.25) is 5.78 Å². The van der Waals surface area contributed by atoms with Gasteiger partial charge in [-0.1, -0.05) is 91.9 Å². The number of amides is 2. The molecule has 7 heterocycles. The minimum Gasteiger partial charge on any atom is -0.497 e. The zero-order chi connectivity index (χ0) is 97.0. The fourth-order valence-corrected chi connectivity index (χ4v) is 12.6. The standard InChI is InChI=1S/C16H17BrN4O4.C15H12BrN3O3.C15H16BrN3O.C12H13BrN4O.C8H11NO.C6H15ClOSi.C4H3Br2N3.C4H5ClO3.4CH2I.4V/c1-3-25-16(23)15(22)21-14-13(20-12(17)9-19-14)18-8-10-4-6-11(24-2)7-5-10;1-22-10-4-2-9(3-5-10)8-19-14-11(6-12(20)15(19)21)17-7-13(16)18-14;1-20-12-6-4-11(5-7-12)10-19-8-2-3-13-15(19)18-14(16)9-17-13;1-18-9-4-2-8(3-5-9)6-16-12-11(14)15-7-10(13)17-12;1-10-8-4-2-7(6-9)3-5-8;1-9(2,3)5-4-8-6-7;5-2-1-8-4(7)3(6)9-2;1-2-8-4(7)3(5)6;4*1-2;;;;/h4-7,9H,3,8H2,1-2H3,(H,18,20)(H,19,21,22);2-5,7H,6,8H2,1H3;4-7,9H,2-3,8,10H2,1H3;2-5,7H,6H2,1H3,(H2,14,15)(H,16,17);2-5H,6,9H2,1H3;4-6H2,1-3H3;1H,(H2,7,8);2H2,1H3;4*1H2;;;;/q;;;;;;;;4*-1;;;;. The van der Waals surface area contributed by atoms with E-state index in [-0.39, 0.29) is 106 Å². The molecule has 2 amide bonds. The van der Waals surface area contributed by atoms with Crippen molar-refractivity contribution in [2.75, 3.05) is 105 Å². The molecular weight excluding hydrogens is 2770 g/mol. The maximum Gasteiger partial charge on any atom is 0.397 e. The third-order valence-electron chi connectivity index (χ3n) is 15.9. The Morgan fingerprint density at radius 2 is 0.865 bits per heavy atom. The number of methoxy groups -OCH3 is 5. The van der Waals surface area contributed by atoms with E-state index in [0.29, 0.717) is 83.5 Å². The fourth-order valence-electron chi connectivity index (χ4n) is 9.76. The van der Waals surface area contributed by atoms with E-state index in [1.807, 2.05) is 187 Å². The second-order valence-corrected chi connectivity index (χ2v) is 36.8. The Bertz CT molecular complexity index is 4970. The first-order valence-electron chi connectivity index (χ1n) is 37.6. The van der Waals surface area contributed by atoms with Gasteiger partial charge in [0.15, 0.2) is 40.7 Å². The molecule has 0 bridgehead atoms. The molecule has 4 radical (unpaired) electrons. The van der Waals surface area contributed by atoms with Crippen LogP contribution in [0.5, 0.6) is 28.7 Å². The van der Waals surface area contributed by atoms with E-state index in [2.05, 4.69) is 227 Å². The van der Waals surface area contributed by atoms with Gasteiger partial charge in [-0.15, -0.1) is 0 Å². The number of nitrogens with zero attached hydrogens (tertiary/aromatic N) is 12. The molecule has 9 N–H and O–H groups in total. The molecule has 133 heavy (non-hydrogen) atoms. The number of nitrogen functional groups attached to an aromatic ring is 2. The molecule has 2 aliphatic rings. The van der Waals surface area contributed by atoms with Crippen LogP contribution in [-0.2, 0) is 163 Å². The van der Waals surface area contributed by atoms with Crippen molar-refractivity contribution in [2.45, 2.75) is 91.5 Å². The summed E-state index contributed by atoms with van der Waals surface area (Å²) in [6.45, 7) is 15.1. The summed E-state index contributed by atoms with van der Waals surface area (Å²) >= 11 is 37.0. The van der Waals surface area contributed by atoms with Gasteiger partial charge in [-0.2, -0.15) is 0 Å². The van der Waals surface area contributed by atoms with Crippen molar-refractivity contribution in [3.05, 3.63) is 239 Å². The van der Waals surface area contributed by atoms with Gasteiger partial charge in [0.05, 0.1) is 104 Å². The number of nitrogens with two attached hydrogens (primary N) is 3. The number of benzene rings is 5. The number of aromatic nitrogens is 10. The predicted octanol–water partition coefficient (Wildman–Crippen LogP) is 20.3. The predicted molar refractivity (Wildman–Crippen MR) is 567 cm³/mol. The van der Waals surface area contributed by atoms with Crippen molar-refractivity contribution in [3.63, 3.8) is 0 Å². The van der Waals surface area contributed by atoms with Gasteiger partial charge in [-0.25, -0.2) is 49.5 Å². The van der Waals surface area contributed by atoms with Crippen molar-refractivity contribution < 1.29 is 141 Å². The van der Waals surface area contributed by atoms with Crippen LogP contribution in [-0.4, -0.2) is 161 Å². The largest absolute Gasteiger partial charge is 0.497 e. The number of carbonyl (C=O) groups excluding carboxylic acids is 6. The number of esters is 2. The number of Topliss-reactive ketones (excluding diaryl/α,β-unsaturated/α-hetero) is 1. The smallest absolute Gasteiger partial charge is 0.397 e. The number of ketones is 1. The molecule has 0 unspecified atom stereocenters. The monoisotopic (exact) mass is 2870 g/mol. The number of alkyl halides is 1. The zero-order valence-electron chi connectivity index (χ0n) is 73.8. The molecule has 5 aromatic carbocycles. The van der Waals surface area contributed by atoms with Gasteiger partial charge in [-0.3, -0.25) is 59.1 Å². The molecule has 0 spiro atoms. The van der Waals surface area contributed by atoms with Crippen LogP contribution in [0.25, 0.3) is 0 Å². The molecule has 0 saturated carbocycles. The molecule has 0 atom stereocenters. The van der Waals surface area contributed by atoms with Crippen LogP contribution < -0.4 is 66.6 Å². The van der Waals surface area contributed by atoms with Crippen LogP contribution in [0.1, 0.15) is 59.5 Å². The number of anilines is 7. The molecule has 5 aromatic heterocycles. The number of hydrogen-bond acceptors (Lipinski definition) is 30. The Balaban J connectivity index is -0.000000724. The summed E-state index contributed by atoms with van der Waals surface area (Å²) in [5, 5.41) is 7.52. The van der Waals surface area contributed by atoms with Crippen LogP contribution in [0.2, 0.25) is 25.7 Å². The van der Waals surface area contributed by atoms with Crippen LogP contribution in [0.15, 0.2) is 180 Å². The van der Waals surface area contributed by atoms with E-state index in [0.717, 1.165) is 99.7 Å². The van der Waals surface area contributed by atoms with Gasteiger partial charge in [0, 0.05) is 122 Å². The SMILES string of the molecule is CCOC(=O)C(=O)Cl.CCOC(=O)C(=O)Nc1ncc(Br)nc1NCc1ccc(OC)cc1.COc1ccc(CN)cc1.COc1ccc(CN2C(=O)C(=O)Cc3ncc(Br)nc32)cc1.COc1ccc(CN2CCCc3ncc(Br)nc32)cc1.COc1ccc(CNc2nc(Br)cnc2N)cc1.C[Si](C)(C)CCOCCl.Nc1ncc(Br)nc1Br.[CH2-]I.[CH2-]I.[CH2-]I.[CH2-]I.[V].[V].[V].[V]. The van der Waals surface area contributed by atoms with Crippen molar-refractivity contribution >= 4 is 293 Å². The van der Waals surface area contributed by atoms with E-state index in [9.17, 15) is 28.8 Å². The van der Waals surface area contributed by atoms with Crippen molar-refractivity contribution in [3.8, 4) is 28.7 Å². The molecular formula is C84H100Br6Cl2I4N18O14SiV4-4. The Hall–Kier alpha value is -4.43. The van der Waals surface area contributed by atoms with E-state index in [1.165, 1.54) is 28.9 Å². The molecule has 0 aliphatic carbocycles. The average molecular weight is 2880 g/mol. The summed E-state index contributed by atoms with van der Waals surface area (Å²) in [6, 6.07) is 40.0. The van der Waals surface area contributed by atoms with Gasteiger partial charge in [0.1, 0.15) is 62.4 Å². The number of carbonyl (C=O) groups is 6. The van der Waals surface area contributed by atoms with Gasteiger partial charge >= 0.3 is 23.1 Å². The van der Waals surface area contributed by atoms with Crippen molar-refractivity contribution in [1.82, 2.24) is 49.8 Å². The molecule has 722 valence electrons. The normalized spacial score (nSPS) is 10.5. The summed E-state index contributed by atoms with van der Waals surface area (Å²) in [4.78, 5) is 125. The van der Waals surface area contributed by atoms with Crippen LogP contribution >= 0.6 is 209 Å². The second-order valence-electron chi connectivity index (χ2n) is 25.8. The first-order chi connectivity index (χ1) is 61.9. The van der Waals surface area contributed by atoms with Crippen LogP contribution in [0.4, 0.5) is 40.7 Å². The van der Waals surface area contributed by atoms with E-state index in [1.54, 1.807) is 80.1 Å². The number of rotatable bonds is 24. The molecule has 0 saturated heterocycles. The third-order valence-corrected chi connectivity index (χ3v) is 20.4. The topological polar surface area (TPSA) is 426 Å². The summed E-state index contributed by atoms with van der Waals surface area (Å²) in [5.74, 6) is 3.40. The molecule has 0 fully saturated rings. The fraction of sp³-hybridized carbons (Fsp3) is 0.286. The number of hydrogen-bond donors (Lipinski definition) is 6. The second kappa shape index (κ2) is 79.3. The van der Waals surface area contributed by atoms with E-state index >= 15 is 0 Å². The number of nitrogens with one attached hydrogen (secondary N) is 3.